The van der Waals surface area contributed by atoms with E-state index in [9.17, 15) is 0 Å². The van der Waals surface area contributed by atoms with Crippen molar-refractivity contribution in [2.24, 2.45) is 0 Å². The number of thioether (sulfide) groups is 1. The van der Waals surface area contributed by atoms with E-state index >= 15 is 0 Å². The number of methoxy groups -OCH3 is 1. The minimum absolute atomic E-state index is 0.0644. The summed E-state index contributed by atoms with van der Waals surface area (Å²) >= 11 is 1.91. The zero-order valence-corrected chi connectivity index (χ0v) is 12.2. The molecule has 2 N–H and O–H groups in total. The highest BCUT2D eigenvalue weighted by molar-refractivity contribution is 7.99. The van der Waals surface area contributed by atoms with Gasteiger partial charge in [-0.25, -0.2) is 0 Å². The molecule has 18 heavy (non-hydrogen) atoms. The van der Waals surface area contributed by atoms with E-state index in [1.54, 1.807) is 7.11 Å². The van der Waals surface area contributed by atoms with Crippen LogP contribution in [-0.4, -0.2) is 31.6 Å². The van der Waals surface area contributed by atoms with Crippen LogP contribution in [0.4, 0.5) is 11.4 Å². The van der Waals surface area contributed by atoms with Crippen LogP contribution < -0.4 is 10.6 Å². The Morgan fingerprint density at radius 1 is 1.44 bits per heavy atom. The van der Waals surface area contributed by atoms with Gasteiger partial charge in [-0.2, -0.15) is 0 Å². The number of nitrogens with zero attached hydrogens (tertiary/aromatic N) is 1. The topological polar surface area (TPSA) is 38.5 Å². The molecular weight excluding hydrogens is 244 g/mol. The zero-order chi connectivity index (χ0) is 13.2. The standard InChI is InChI=1S/C14H22N2OS/c1-14(2,17-3)6-7-16-8-9-18-13-5-4-11(15)10-12(13)16/h4-5,10H,6-9,15H2,1-3H3. The highest BCUT2D eigenvalue weighted by atomic mass is 32.2. The van der Waals surface area contributed by atoms with Crippen LogP contribution in [0.25, 0.3) is 0 Å². The van der Waals surface area contributed by atoms with Crippen molar-refractivity contribution in [1.82, 2.24) is 0 Å². The van der Waals surface area contributed by atoms with E-state index in [1.807, 2.05) is 17.8 Å². The molecule has 0 spiro atoms. The highest BCUT2D eigenvalue weighted by Crippen LogP contribution is 2.36. The molecule has 0 unspecified atom stereocenters. The molecule has 4 heteroatoms. The van der Waals surface area contributed by atoms with Gasteiger partial charge in [-0.1, -0.05) is 0 Å². The Balaban J connectivity index is 2.10. The van der Waals surface area contributed by atoms with Crippen molar-refractivity contribution in [2.45, 2.75) is 30.8 Å². The van der Waals surface area contributed by atoms with Gasteiger partial charge in [0.05, 0.1) is 11.3 Å². The molecule has 1 aliphatic heterocycles. The third-order valence-corrected chi connectivity index (χ3v) is 4.52. The number of nitrogens with two attached hydrogens (primary N) is 1. The molecule has 1 aromatic rings. The largest absolute Gasteiger partial charge is 0.399 e. The van der Waals surface area contributed by atoms with E-state index in [2.05, 4.69) is 30.9 Å². The predicted molar refractivity (Wildman–Crippen MR) is 79.5 cm³/mol. The second kappa shape index (κ2) is 5.41. The smallest absolute Gasteiger partial charge is 0.0639 e. The lowest BCUT2D eigenvalue weighted by atomic mass is 10.0. The highest BCUT2D eigenvalue weighted by Gasteiger charge is 2.22. The van der Waals surface area contributed by atoms with Gasteiger partial charge in [0.1, 0.15) is 0 Å². The first-order valence-electron chi connectivity index (χ1n) is 6.34. The fraction of sp³-hybridized carbons (Fsp3) is 0.571. The molecule has 2 rings (SSSR count). The second-order valence-electron chi connectivity index (χ2n) is 5.28. The Bertz CT molecular complexity index is 420. The Hall–Kier alpha value is -0.870. The van der Waals surface area contributed by atoms with Crippen molar-refractivity contribution in [2.75, 3.05) is 36.6 Å². The molecule has 0 saturated heterocycles. The van der Waals surface area contributed by atoms with Crippen LogP contribution in [0.5, 0.6) is 0 Å². The summed E-state index contributed by atoms with van der Waals surface area (Å²) in [5.74, 6) is 1.14. The Morgan fingerprint density at radius 3 is 2.94 bits per heavy atom. The van der Waals surface area contributed by atoms with Gasteiger partial charge in [0, 0.05) is 36.5 Å². The first kappa shape index (κ1) is 13.6. The summed E-state index contributed by atoms with van der Waals surface area (Å²) in [6.45, 7) is 6.36. The number of hydrogen-bond acceptors (Lipinski definition) is 4. The average molecular weight is 266 g/mol. The van der Waals surface area contributed by atoms with Gasteiger partial charge >= 0.3 is 0 Å². The molecule has 0 atom stereocenters. The third-order valence-electron chi connectivity index (χ3n) is 3.48. The van der Waals surface area contributed by atoms with Gasteiger partial charge in [0.2, 0.25) is 0 Å². The molecule has 0 bridgehead atoms. The van der Waals surface area contributed by atoms with Gasteiger partial charge in [-0.15, -0.1) is 11.8 Å². The van der Waals surface area contributed by atoms with Gasteiger partial charge in [0.15, 0.2) is 0 Å². The predicted octanol–water partition coefficient (Wildman–Crippen LogP) is 3.00. The summed E-state index contributed by atoms with van der Waals surface area (Å²) in [6, 6.07) is 6.19. The van der Waals surface area contributed by atoms with Gasteiger partial charge < -0.3 is 15.4 Å². The van der Waals surface area contributed by atoms with E-state index in [0.717, 1.165) is 31.0 Å². The van der Waals surface area contributed by atoms with E-state index in [1.165, 1.54) is 10.6 Å². The molecule has 100 valence electrons. The lowest BCUT2D eigenvalue weighted by molar-refractivity contribution is 0.0172. The van der Waals surface area contributed by atoms with Crippen molar-refractivity contribution in [3.8, 4) is 0 Å². The quantitative estimate of drug-likeness (QED) is 0.850. The molecule has 1 aromatic carbocycles. The van der Waals surface area contributed by atoms with Crippen molar-refractivity contribution in [1.29, 1.82) is 0 Å². The van der Waals surface area contributed by atoms with Crippen LogP contribution in [0.3, 0.4) is 0 Å². The van der Waals surface area contributed by atoms with E-state index < -0.39 is 0 Å². The number of ether oxygens (including phenoxy) is 1. The number of benzene rings is 1. The summed E-state index contributed by atoms with van der Waals surface area (Å²) in [4.78, 5) is 3.76. The van der Waals surface area contributed by atoms with Gasteiger partial charge in [-0.05, 0) is 38.5 Å². The number of nitrogen functional groups attached to an aromatic ring is 1. The number of fused-ring (bicyclic) bond motifs is 1. The fourth-order valence-corrected chi connectivity index (χ4v) is 3.06. The third kappa shape index (κ3) is 3.12. The number of anilines is 2. The minimum Gasteiger partial charge on any atom is -0.399 e. The van der Waals surface area contributed by atoms with Crippen molar-refractivity contribution < 1.29 is 4.74 Å². The molecule has 3 nitrogen and oxygen atoms in total. The molecule has 1 aliphatic rings. The molecule has 0 aromatic heterocycles. The molecule has 0 saturated carbocycles. The normalized spacial score (nSPS) is 15.6. The maximum atomic E-state index is 5.89. The zero-order valence-electron chi connectivity index (χ0n) is 11.4. The van der Waals surface area contributed by atoms with E-state index in [-0.39, 0.29) is 5.60 Å². The Morgan fingerprint density at radius 2 is 2.22 bits per heavy atom. The number of rotatable bonds is 4. The molecular formula is C14H22N2OS. The van der Waals surface area contributed by atoms with Crippen molar-refractivity contribution in [3.05, 3.63) is 18.2 Å². The number of hydrogen-bond donors (Lipinski definition) is 1. The first-order valence-corrected chi connectivity index (χ1v) is 7.33. The molecule has 0 radical (unpaired) electrons. The lowest BCUT2D eigenvalue weighted by Crippen LogP contribution is -2.35. The molecule has 1 heterocycles. The summed E-state index contributed by atoms with van der Waals surface area (Å²) in [5.41, 5.74) is 7.94. The van der Waals surface area contributed by atoms with Gasteiger partial charge in [0.25, 0.3) is 0 Å². The van der Waals surface area contributed by atoms with Crippen molar-refractivity contribution in [3.63, 3.8) is 0 Å². The van der Waals surface area contributed by atoms with Crippen LogP contribution in [0.2, 0.25) is 0 Å². The minimum atomic E-state index is -0.0644. The first-order chi connectivity index (χ1) is 8.52. The maximum Gasteiger partial charge on any atom is 0.0639 e. The molecule has 0 amide bonds. The SMILES string of the molecule is COC(C)(C)CCN1CCSc2ccc(N)cc21. The van der Waals surface area contributed by atoms with E-state index in [0.29, 0.717) is 0 Å². The second-order valence-corrected chi connectivity index (χ2v) is 6.41. The lowest BCUT2D eigenvalue weighted by Gasteiger charge is -2.34. The summed E-state index contributed by atoms with van der Waals surface area (Å²) in [6.07, 6.45) is 1.02. The van der Waals surface area contributed by atoms with Crippen LogP contribution in [-0.2, 0) is 4.74 Å². The van der Waals surface area contributed by atoms with Crippen molar-refractivity contribution >= 4 is 23.1 Å². The van der Waals surface area contributed by atoms with Crippen LogP contribution in [0.1, 0.15) is 20.3 Å². The van der Waals surface area contributed by atoms with Crippen LogP contribution in [0, 0.1) is 0 Å². The van der Waals surface area contributed by atoms with Crippen LogP contribution >= 0.6 is 11.8 Å². The van der Waals surface area contributed by atoms with Crippen LogP contribution in [0.15, 0.2) is 23.1 Å². The summed E-state index contributed by atoms with van der Waals surface area (Å²) in [7, 11) is 1.78. The van der Waals surface area contributed by atoms with Gasteiger partial charge in [-0.3, -0.25) is 0 Å². The monoisotopic (exact) mass is 266 g/mol. The Labute approximate surface area is 114 Å². The average Bonchev–Trinajstić information content (AvgIpc) is 2.36. The Kier molecular flexibility index (Phi) is 4.07. The fourth-order valence-electron chi connectivity index (χ4n) is 2.03. The maximum absolute atomic E-state index is 5.89. The molecule has 0 aliphatic carbocycles. The summed E-state index contributed by atoms with van der Waals surface area (Å²) in [5, 5.41) is 0. The summed E-state index contributed by atoms with van der Waals surface area (Å²) < 4.78 is 5.48. The van der Waals surface area contributed by atoms with E-state index in [4.69, 9.17) is 10.5 Å². The molecule has 0 fully saturated rings.